The molecule has 2 heterocycles. The smallest absolute Gasteiger partial charge is 0.346 e. The van der Waals surface area contributed by atoms with Gasteiger partial charge in [-0.1, -0.05) is 17.3 Å². The molecule has 1 N–H and O–H groups in total. The van der Waals surface area contributed by atoms with Crippen LogP contribution in [0.2, 0.25) is 0 Å². The maximum Gasteiger partial charge on any atom is 0.471 e. The molecule has 0 aliphatic heterocycles. The number of amides is 1. The van der Waals surface area contributed by atoms with Crippen molar-refractivity contribution in [1.29, 1.82) is 0 Å². The number of aromatic nitrogens is 3. The molecule has 0 atom stereocenters. The van der Waals surface area contributed by atoms with Crippen LogP contribution in [-0.4, -0.2) is 21.0 Å². The van der Waals surface area contributed by atoms with Crippen LogP contribution in [0.4, 0.5) is 13.2 Å². The molecule has 0 bridgehead atoms. The molecule has 0 aliphatic carbocycles. The first-order valence-electron chi connectivity index (χ1n) is 6.60. The zero-order valence-corrected chi connectivity index (χ0v) is 12.7. The summed E-state index contributed by atoms with van der Waals surface area (Å²) in [7, 11) is 0. The highest BCUT2D eigenvalue weighted by Crippen LogP contribution is 2.29. The summed E-state index contributed by atoms with van der Waals surface area (Å²) in [5.41, 5.74) is 3.08. The van der Waals surface area contributed by atoms with Crippen LogP contribution in [0.3, 0.4) is 0 Å². The summed E-state index contributed by atoms with van der Waals surface area (Å²) in [5, 5.41) is 7.79. The summed E-state index contributed by atoms with van der Waals surface area (Å²) in [6, 6.07) is 5.83. The number of benzene rings is 1. The maximum atomic E-state index is 12.4. The third kappa shape index (κ3) is 3.59. The Kier molecular flexibility index (Phi) is 4.30. The molecule has 2 aromatic heterocycles. The average Bonchev–Trinajstić information content (AvgIpc) is 3.23. The predicted molar refractivity (Wildman–Crippen MR) is 78.0 cm³/mol. The van der Waals surface area contributed by atoms with Crippen LogP contribution in [-0.2, 0) is 12.7 Å². The van der Waals surface area contributed by atoms with E-state index in [9.17, 15) is 18.0 Å². The van der Waals surface area contributed by atoms with Crippen molar-refractivity contribution < 1.29 is 22.5 Å². The molecular formula is C14H9F3N4O2S. The SMILES string of the molecule is O=C(NCc1cscn1)c1ccc(-c2noc(C(F)(F)F)n2)cc1. The summed E-state index contributed by atoms with van der Waals surface area (Å²) in [4.78, 5) is 19.3. The quantitative estimate of drug-likeness (QED) is 0.778. The number of rotatable bonds is 4. The lowest BCUT2D eigenvalue weighted by atomic mass is 10.1. The maximum absolute atomic E-state index is 12.4. The van der Waals surface area contributed by atoms with Gasteiger partial charge in [0, 0.05) is 16.5 Å². The Morgan fingerprint density at radius 1 is 1.25 bits per heavy atom. The van der Waals surface area contributed by atoms with Crippen molar-refractivity contribution in [2.75, 3.05) is 0 Å². The molecule has 3 rings (SSSR count). The minimum absolute atomic E-state index is 0.197. The number of thiazole rings is 1. The van der Waals surface area contributed by atoms with E-state index >= 15 is 0 Å². The molecule has 10 heteroatoms. The molecule has 0 radical (unpaired) electrons. The largest absolute Gasteiger partial charge is 0.471 e. The van der Waals surface area contributed by atoms with E-state index in [0.29, 0.717) is 17.7 Å². The molecule has 0 saturated carbocycles. The fourth-order valence-electron chi connectivity index (χ4n) is 1.82. The lowest BCUT2D eigenvalue weighted by molar-refractivity contribution is -0.159. The lowest BCUT2D eigenvalue weighted by Gasteiger charge is -2.03. The van der Waals surface area contributed by atoms with Gasteiger partial charge in [-0.15, -0.1) is 11.3 Å². The van der Waals surface area contributed by atoms with Crippen LogP contribution in [0, 0.1) is 0 Å². The van der Waals surface area contributed by atoms with Crippen LogP contribution in [0.25, 0.3) is 11.4 Å². The standard InChI is InChI=1S/C14H9F3N4O2S/c15-14(16,17)13-20-11(21-23-13)8-1-3-9(4-2-8)12(22)18-5-10-6-24-7-19-10/h1-4,6-7H,5H2,(H,18,22). The molecule has 24 heavy (non-hydrogen) atoms. The summed E-state index contributed by atoms with van der Waals surface area (Å²) >= 11 is 1.43. The van der Waals surface area contributed by atoms with Crippen molar-refractivity contribution >= 4 is 17.2 Å². The first kappa shape index (κ1) is 16.1. The monoisotopic (exact) mass is 354 g/mol. The number of nitrogens with zero attached hydrogens (tertiary/aromatic N) is 3. The van der Waals surface area contributed by atoms with Gasteiger partial charge < -0.3 is 9.84 Å². The number of hydrogen-bond donors (Lipinski definition) is 1. The molecular weight excluding hydrogens is 345 g/mol. The van der Waals surface area contributed by atoms with Crippen molar-refractivity contribution in [3.05, 3.63) is 52.3 Å². The molecule has 124 valence electrons. The van der Waals surface area contributed by atoms with Crippen molar-refractivity contribution in [1.82, 2.24) is 20.4 Å². The second-order valence-corrected chi connectivity index (χ2v) is 5.38. The van der Waals surface area contributed by atoms with Gasteiger partial charge in [0.15, 0.2) is 0 Å². The number of hydrogen-bond acceptors (Lipinski definition) is 6. The molecule has 1 amide bonds. The topological polar surface area (TPSA) is 80.9 Å². The summed E-state index contributed by atoms with van der Waals surface area (Å²) in [6.07, 6.45) is -4.69. The second-order valence-electron chi connectivity index (χ2n) is 4.66. The van der Waals surface area contributed by atoms with E-state index in [1.165, 1.54) is 35.6 Å². The van der Waals surface area contributed by atoms with Gasteiger partial charge in [-0.25, -0.2) is 4.98 Å². The fourth-order valence-corrected chi connectivity index (χ4v) is 2.38. The summed E-state index contributed by atoms with van der Waals surface area (Å²) in [6.45, 7) is 0.296. The fraction of sp³-hybridized carbons (Fsp3) is 0.143. The Morgan fingerprint density at radius 3 is 2.58 bits per heavy atom. The van der Waals surface area contributed by atoms with E-state index in [-0.39, 0.29) is 11.7 Å². The normalized spacial score (nSPS) is 11.5. The van der Waals surface area contributed by atoms with E-state index in [1.807, 2.05) is 5.38 Å². The van der Waals surface area contributed by atoms with Crippen LogP contribution in [0.15, 0.2) is 39.7 Å². The van der Waals surface area contributed by atoms with Gasteiger partial charge >= 0.3 is 12.1 Å². The first-order chi connectivity index (χ1) is 11.4. The molecule has 0 fully saturated rings. The lowest BCUT2D eigenvalue weighted by Crippen LogP contribution is -2.22. The number of alkyl halides is 3. The molecule has 0 unspecified atom stereocenters. The van der Waals surface area contributed by atoms with Gasteiger partial charge in [-0.05, 0) is 12.1 Å². The van der Waals surface area contributed by atoms with Crippen molar-refractivity contribution in [3.8, 4) is 11.4 Å². The molecule has 0 saturated heterocycles. The molecule has 0 aliphatic rings. The second kappa shape index (κ2) is 6.40. The highest BCUT2D eigenvalue weighted by molar-refractivity contribution is 7.07. The Balaban J connectivity index is 1.68. The Morgan fingerprint density at radius 2 is 2.00 bits per heavy atom. The van der Waals surface area contributed by atoms with Gasteiger partial charge in [-0.2, -0.15) is 18.2 Å². The van der Waals surface area contributed by atoms with Gasteiger partial charge in [-0.3, -0.25) is 4.79 Å². The van der Waals surface area contributed by atoms with E-state index < -0.39 is 12.1 Å². The Hall–Kier alpha value is -2.75. The van der Waals surface area contributed by atoms with E-state index in [1.54, 1.807) is 5.51 Å². The average molecular weight is 354 g/mol. The van der Waals surface area contributed by atoms with Gasteiger partial charge in [0.1, 0.15) is 0 Å². The molecule has 0 spiro atoms. The molecule has 3 aromatic rings. The van der Waals surface area contributed by atoms with Crippen molar-refractivity contribution in [3.63, 3.8) is 0 Å². The minimum atomic E-state index is -4.69. The molecule has 1 aromatic carbocycles. The van der Waals surface area contributed by atoms with Crippen LogP contribution < -0.4 is 5.32 Å². The predicted octanol–water partition coefficient (Wildman–Crippen LogP) is 3.14. The van der Waals surface area contributed by atoms with E-state index in [0.717, 1.165) is 5.69 Å². The highest BCUT2D eigenvalue weighted by atomic mass is 32.1. The van der Waals surface area contributed by atoms with Crippen molar-refractivity contribution in [2.24, 2.45) is 0 Å². The van der Waals surface area contributed by atoms with Crippen LogP contribution in [0.5, 0.6) is 0 Å². The third-order valence-electron chi connectivity index (χ3n) is 2.99. The Bertz CT molecular complexity index is 829. The number of carbonyl (C=O) groups is 1. The number of nitrogens with one attached hydrogen (secondary N) is 1. The van der Waals surface area contributed by atoms with Gasteiger partial charge in [0.05, 0.1) is 17.7 Å². The first-order valence-corrected chi connectivity index (χ1v) is 7.54. The van der Waals surface area contributed by atoms with Crippen LogP contribution in [0.1, 0.15) is 21.9 Å². The van der Waals surface area contributed by atoms with Crippen LogP contribution >= 0.6 is 11.3 Å². The Labute approximate surface area is 137 Å². The number of halogens is 3. The highest BCUT2D eigenvalue weighted by Gasteiger charge is 2.38. The van der Waals surface area contributed by atoms with Gasteiger partial charge in [0.25, 0.3) is 5.91 Å². The zero-order valence-electron chi connectivity index (χ0n) is 11.9. The van der Waals surface area contributed by atoms with E-state index in [4.69, 9.17) is 0 Å². The summed E-state index contributed by atoms with van der Waals surface area (Å²) in [5.74, 6) is -1.93. The van der Waals surface area contributed by atoms with Crippen molar-refractivity contribution in [2.45, 2.75) is 12.7 Å². The van der Waals surface area contributed by atoms with Gasteiger partial charge in [0.2, 0.25) is 5.82 Å². The molecule has 6 nitrogen and oxygen atoms in total. The summed E-state index contributed by atoms with van der Waals surface area (Å²) < 4.78 is 41.5. The minimum Gasteiger partial charge on any atom is -0.346 e. The zero-order chi connectivity index (χ0) is 17.2. The number of carbonyl (C=O) groups excluding carboxylic acids is 1. The van der Waals surface area contributed by atoms with E-state index in [2.05, 4.69) is 25.0 Å². The third-order valence-corrected chi connectivity index (χ3v) is 3.62.